The van der Waals surface area contributed by atoms with E-state index in [-0.39, 0.29) is 23.2 Å². The fourth-order valence-electron chi connectivity index (χ4n) is 1.65. The van der Waals surface area contributed by atoms with Crippen LogP contribution in [0.2, 0.25) is 5.02 Å². The normalized spacial score (nSPS) is 18.9. The molecule has 1 aliphatic carbocycles. The number of carbonyl (C=O) groups is 1. The summed E-state index contributed by atoms with van der Waals surface area (Å²) >= 11 is 5.70. The number of halogens is 3. The Kier molecular flexibility index (Phi) is 4.00. The van der Waals surface area contributed by atoms with E-state index in [1.165, 1.54) is 25.1 Å². The molecule has 0 bridgehead atoms. The summed E-state index contributed by atoms with van der Waals surface area (Å²) in [5.41, 5.74) is 0.505. The molecule has 2 rings (SSSR count). The quantitative estimate of drug-likeness (QED) is 0.840. The molecule has 0 N–H and O–H groups in total. The third kappa shape index (κ3) is 3.41. The van der Waals surface area contributed by atoms with Crippen LogP contribution in [0.25, 0.3) is 0 Å². The van der Waals surface area contributed by atoms with Crippen molar-refractivity contribution in [1.82, 2.24) is 0 Å². The van der Waals surface area contributed by atoms with E-state index in [0.717, 1.165) is 6.08 Å². The maximum Gasteiger partial charge on any atom is 0.168 e. The first-order chi connectivity index (χ1) is 8.95. The van der Waals surface area contributed by atoms with Crippen molar-refractivity contribution in [2.75, 3.05) is 0 Å². The molecule has 2 nitrogen and oxygen atoms in total. The predicted octanol–water partition coefficient (Wildman–Crippen LogP) is 3.95. The summed E-state index contributed by atoms with van der Waals surface area (Å²) in [4.78, 5) is 11.4. The van der Waals surface area contributed by atoms with Gasteiger partial charge in [-0.05, 0) is 30.7 Å². The summed E-state index contributed by atoms with van der Waals surface area (Å²) in [5, 5.41) is 0.252. The highest BCUT2D eigenvalue weighted by molar-refractivity contribution is 6.30. The molecule has 0 heterocycles. The topological polar surface area (TPSA) is 26.3 Å². The fraction of sp³-hybridized carbons (Fsp3) is 0.214. The average Bonchev–Trinajstić information content (AvgIpc) is 2.32. The van der Waals surface area contributed by atoms with Crippen LogP contribution in [0, 0.1) is 11.7 Å². The molecule has 1 unspecified atom stereocenters. The van der Waals surface area contributed by atoms with Gasteiger partial charge in [0.1, 0.15) is 24.0 Å². The number of ketones is 1. The lowest BCUT2D eigenvalue weighted by Gasteiger charge is -2.14. The minimum Gasteiger partial charge on any atom is -0.489 e. The Bertz CT molecular complexity index is 559. The van der Waals surface area contributed by atoms with E-state index in [4.69, 9.17) is 16.3 Å². The van der Waals surface area contributed by atoms with Crippen molar-refractivity contribution in [1.29, 1.82) is 0 Å². The Balaban J connectivity index is 2.07. The summed E-state index contributed by atoms with van der Waals surface area (Å²) in [7, 11) is 0. The first kappa shape index (κ1) is 13.7. The molecule has 0 radical (unpaired) electrons. The Morgan fingerprint density at radius 2 is 2.00 bits per heavy atom. The molecule has 0 saturated carbocycles. The number of allylic oxidation sites excluding steroid dienone is 3. The van der Waals surface area contributed by atoms with Crippen LogP contribution in [0.15, 0.2) is 41.9 Å². The van der Waals surface area contributed by atoms with E-state index in [1.807, 2.05) is 0 Å². The van der Waals surface area contributed by atoms with Crippen LogP contribution in [0.5, 0.6) is 0 Å². The van der Waals surface area contributed by atoms with Crippen molar-refractivity contribution in [3.8, 4) is 0 Å². The molecule has 5 heteroatoms. The van der Waals surface area contributed by atoms with Gasteiger partial charge in [-0.15, -0.1) is 0 Å². The van der Waals surface area contributed by atoms with Crippen LogP contribution in [0.1, 0.15) is 12.5 Å². The molecule has 1 aliphatic rings. The fourth-order valence-corrected chi connectivity index (χ4v) is 1.89. The minimum atomic E-state index is -0.768. The van der Waals surface area contributed by atoms with Gasteiger partial charge in [-0.1, -0.05) is 11.6 Å². The zero-order chi connectivity index (χ0) is 14.0. The van der Waals surface area contributed by atoms with E-state index < -0.39 is 17.6 Å². The molecule has 0 spiro atoms. The zero-order valence-corrected chi connectivity index (χ0v) is 10.9. The smallest absolute Gasteiger partial charge is 0.168 e. The van der Waals surface area contributed by atoms with E-state index in [1.54, 1.807) is 6.07 Å². The number of carbonyl (C=O) groups excluding carboxylic acids is 1. The summed E-state index contributed by atoms with van der Waals surface area (Å²) in [5.74, 6) is -2.01. The van der Waals surface area contributed by atoms with Crippen LogP contribution in [-0.2, 0) is 16.1 Å². The lowest BCUT2D eigenvalue weighted by molar-refractivity contribution is -0.117. The minimum absolute atomic E-state index is 0.00868. The van der Waals surface area contributed by atoms with Gasteiger partial charge in [0.2, 0.25) is 0 Å². The summed E-state index contributed by atoms with van der Waals surface area (Å²) < 4.78 is 31.7. The van der Waals surface area contributed by atoms with E-state index in [0.29, 0.717) is 5.56 Å². The van der Waals surface area contributed by atoms with Gasteiger partial charge in [-0.25, -0.2) is 8.78 Å². The molecule has 1 aromatic carbocycles. The lowest BCUT2D eigenvalue weighted by atomic mass is 9.99. The van der Waals surface area contributed by atoms with E-state index in [9.17, 15) is 13.6 Å². The molecule has 100 valence electrons. The van der Waals surface area contributed by atoms with Crippen molar-refractivity contribution in [2.24, 2.45) is 5.92 Å². The predicted molar refractivity (Wildman–Crippen MR) is 67.6 cm³/mol. The number of hydrogen-bond acceptors (Lipinski definition) is 2. The van der Waals surface area contributed by atoms with E-state index in [2.05, 4.69) is 0 Å². The molecular weight excluding hydrogens is 274 g/mol. The van der Waals surface area contributed by atoms with Crippen molar-refractivity contribution in [2.45, 2.75) is 13.5 Å². The highest BCUT2D eigenvalue weighted by Gasteiger charge is 2.22. The molecule has 1 atom stereocenters. The maximum atomic E-state index is 13.4. The van der Waals surface area contributed by atoms with Gasteiger partial charge in [0.25, 0.3) is 0 Å². The first-order valence-corrected chi connectivity index (χ1v) is 6.04. The number of rotatable bonds is 3. The summed E-state index contributed by atoms with van der Waals surface area (Å²) in [6.07, 6.45) is 2.39. The van der Waals surface area contributed by atoms with Crippen LogP contribution in [-0.4, -0.2) is 5.78 Å². The third-order valence-electron chi connectivity index (χ3n) is 2.73. The average molecular weight is 285 g/mol. The van der Waals surface area contributed by atoms with Gasteiger partial charge in [-0.3, -0.25) is 4.79 Å². The van der Waals surface area contributed by atoms with Crippen LogP contribution < -0.4 is 0 Å². The van der Waals surface area contributed by atoms with Gasteiger partial charge in [0.15, 0.2) is 5.78 Å². The molecule has 0 aromatic heterocycles. The number of benzene rings is 1. The Morgan fingerprint density at radius 1 is 1.26 bits per heavy atom. The van der Waals surface area contributed by atoms with Gasteiger partial charge >= 0.3 is 0 Å². The highest BCUT2D eigenvalue weighted by atomic mass is 35.5. The largest absolute Gasteiger partial charge is 0.489 e. The third-order valence-corrected chi connectivity index (χ3v) is 2.95. The zero-order valence-electron chi connectivity index (χ0n) is 10.1. The van der Waals surface area contributed by atoms with Crippen molar-refractivity contribution in [3.63, 3.8) is 0 Å². The van der Waals surface area contributed by atoms with Gasteiger partial charge in [0.05, 0.1) is 5.92 Å². The second-order valence-electron chi connectivity index (χ2n) is 4.27. The maximum absolute atomic E-state index is 13.4. The van der Waals surface area contributed by atoms with Crippen LogP contribution >= 0.6 is 11.6 Å². The van der Waals surface area contributed by atoms with E-state index >= 15 is 0 Å². The molecule has 0 saturated heterocycles. The Morgan fingerprint density at radius 3 is 2.63 bits per heavy atom. The number of ether oxygens (including phenoxy) is 1. The molecule has 19 heavy (non-hydrogen) atoms. The molecule has 1 aromatic rings. The van der Waals surface area contributed by atoms with Gasteiger partial charge in [-0.2, -0.15) is 0 Å². The summed E-state index contributed by atoms with van der Waals surface area (Å²) in [6.45, 7) is 1.49. The Labute approximate surface area is 114 Å². The molecule has 0 fully saturated rings. The summed E-state index contributed by atoms with van der Waals surface area (Å²) in [6, 6.07) is 3.98. The Hall–Kier alpha value is -1.68. The van der Waals surface area contributed by atoms with Crippen LogP contribution in [0.3, 0.4) is 0 Å². The van der Waals surface area contributed by atoms with Gasteiger partial charge in [0, 0.05) is 17.2 Å². The van der Waals surface area contributed by atoms with Crippen LogP contribution in [0.4, 0.5) is 8.78 Å². The molecule has 0 amide bonds. The standard InChI is InChI=1S/C14H11ClF2O2/c1-8-13(17)5-12(6-14(8)18)19-7-9-2-10(15)4-11(16)3-9/h2-6,8H,7H2,1H3. The van der Waals surface area contributed by atoms with Crippen molar-refractivity contribution in [3.05, 3.63) is 58.3 Å². The second kappa shape index (κ2) is 5.53. The monoisotopic (exact) mass is 284 g/mol. The van der Waals surface area contributed by atoms with Crippen molar-refractivity contribution < 1.29 is 18.3 Å². The second-order valence-corrected chi connectivity index (χ2v) is 4.70. The molecule has 0 aliphatic heterocycles. The highest BCUT2D eigenvalue weighted by Crippen LogP contribution is 2.23. The lowest BCUT2D eigenvalue weighted by Crippen LogP contribution is -2.14. The van der Waals surface area contributed by atoms with Crippen molar-refractivity contribution >= 4 is 17.4 Å². The number of hydrogen-bond donors (Lipinski definition) is 0. The van der Waals surface area contributed by atoms with Gasteiger partial charge < -0.3 is 4.74 Å². The SMILES string of the molecule is CC1C(=O)C=C(OCc2cc(F)cc(Cl)c2)C=C1F. The first-order valence-electron chi connectivity index (χ1n) is 5.66. The molecular formula is C14H11ClF2O2.